The van der Waals surface area contributed by atoms with Crippen LogP contribution in [-0.2, 0) is 0 Å². The molecule has 3 aliphatic rings. The maximum atomic E-state index is 3.99. The minimum atomic E-state index is -1.40. The second-order valence-corrected chi connectivity index (χ2v) is 15.4. The summed E-state index contributed by atoms with van der Waals surface area (Å²) in [5.41, 5.74) is 0. The van der Waals surface area contributed by atoms with Crippen LogP contribution >= 0.6 is 0 Å². The summed E-state index contributed by atoms with van der Waals surface area (Å²) in [6.45, 7) is 8.16. The topological polar surface area (TPSA) is 3.24 Å². The Morgan fingerprint density at radius 1 is 1.00 bits per heavy atom. The van der Waals surface area contributed by atoms with Crippen molar-refractivity contribution in [2.45, 2.75) is 40.3 Å². The molecule has 2 heteroatoms. The molecule has 14 heavy (non-hydrogen) atoms. The summed E-state index contributed by atoms with van der Waals surface area (Å²) in [4.78, 5) is 2.69. The average Bonchev–Trinajstić information content (AvgIpc) is 2.06. The van der Waals surface area contributed by atoms with Crippen LogP contribution in [0, 0.1) is 0 Å². The molecule has 3 rings (SSSR count). The fourth-order valence-electron chi connectivity index (χ4n) is 3.36. The Labute approximate surface area is 90.9 Å². The van der Waals surface area contributed by atoms with E-state index in [2.05, 4.69) is 17.6 Å². The number of rotatable bonds is 2. The zero-order valence-electron chi connectivity index (χ0n) is 9.30. The van der Waals surface area contributed by atoms with Gasteiger partial charge >= 0.3 is 90.7 Å². The normalized spacial score (nSPS) is 38.4. The van der Waals surface area contributed by atoms with Crippen LogP contribution in [0.1, 0.15) is 19.3 Å². The van der Waals surface area contributed by atoms with Crippen LogP contribution in [0.2, 0.25) is 21.0 Å². The van der Waals surface area contributed by atoms with Crippen molar-refractivity contribution in [3.63, 3.8) is 0 Å². The van der Waals surface area contributed by atoms with E-state index in [0.717, 1.165) is 0 Å². The summed E-state index contributed by atoms with van der Waals surface area (Å²) in [5, 5.41) is 6.33. The van der Waals surface area contributed by atoms with Crippen molar-refractivity contribution in [3.8, 4) is 0 Å². The molecule has 0 unspecified atom stereocenters. The van der Waals surface area contributed by atoms with Gasteiger partial charge in [-0.3, -0.25) is 0 Å². The molecule has 3 fully saturated rings. The van der Waals surface area contributed by atoms with E-state index >= 15 is 0 Å². The Kier molecular flexibility index (Phi) is 3.72. The SMILES string of the molecule is C=C[CH2][Ge]12[CH2]CCN(CC[CH2]1)CC[CH2]2. The predicted molar refractivity (Wildman–Crippen MR) is 65.5 cm³/mol. The van der Waals surface area contributed by atoms with Gasteiger partial charge in [-0.2, -0.15) is 0 Å². The van der Waals surface area contributed by atoms with Gasteiger partial charge in [0.05, 0.1) is 0 Å². The molecule has 3 heterocycles. The van der Waals surface area contributed by atoms with Crippen LogP contribution < -0.4 is 0 Å². The monoisotopic (exact) mass is 255 g/mol. The van der Waals surface area contributed by atoms with Gasteiger partial charge in [-0.25, -0.2) is 0 Å². The third-order valence-corrected chi connectivity index (χ3v) is 15.4. The van der Waals surface area contributed by atoms with Gasteiger partial charge in [0.2, 0.25) is 0 Å². The van der Waals surface area contributed by atoms with Crippen LogP contribution in [0.15, 0.2) is 12.7 Å². The number of hydrogen-bond acceptors (Lipinski definition) is 1. The number of hydrogen-bond donors (Lipinski definition) is 0. The molecule has 0 aliphatic carbocycles. The summed E-state index contributed by atoms with van der Waals surface area (Å²) < 4.78 is 0. The molecule has 3 saturated heterocycles. The standard InChI is InChI=1S/C12H23GeN/c1-2-6-13-7-3-10-14(11-4-8-13)12-5-9-13/h2H,1,3-12H2. The molecular formula is C12H23GeN. The fourth-order valence-corrected chi connectivity index (χ4v) is 13.2. The Bertz CT molecular complexity index is 176. The molecule has 3 aliphatic heterocycles. The van der Waals surface area contributed by atoms with Crippen molar-refractivity contribution >= 4 is 13.3 Å². The average molecular weight is 254 g/mol. The minimum absolute atomic E-state index is 1.39. The zero-order valence-corrected chi connectivity index (χ0v) is 11.4. The van der Waals surface area contributed by atoms with Gasteiger partial charge < -0.3 is 0 Å². The van der Waals surface area contributed by atoms with Gasteiger partial charge in [0.15, 0.2) is 0 Å². The number of nitrogens with zero attached hydrogens (tertiary/aromatic N) is 1. The van der Waals surface area contributed by atoms with Crippen molar-refractivity contribution in [1.29, 1.82) is 0 Å². The van der Waals surface area contributed by atoms with Crippen LogP contribution in [0.5, 0.6) is 0 Å². The molecule has 0 spiro atoms. The summed E-state index contributed by atoms with van der Waals surface area (Å²) in [6.07, 6.45) is 6.72. The second kappa shape index (κ2) is 4.84. The number of fused-ring (bicyclic) bond motifs is 6. The van der Waals surface area contributed by atoms with E-state index in [4.69, 9.17) is 0 Å². The van der Waals surface area contributed by atoms with E-state index in [1.54, 1.807) is 15.8 Å². The van der Waals surface area contributed by atoms with Crippen molar-refractivity contribution in [2.75, 3.05) is 19.6 Å². The molecule has 0 atom stereocenters. The van der Waals surface area contributed by atoms with Crippen LogP contribution in [0.4, 0.5) is 0 Å². The van der Waals surface area contributed by atoms with Gasteiger partial charge in [0, 0.05) is 0 Å². The van der Waals surface area contributed by atoms with Crippen LogP contribution in [0.25, 0.3) is 0 Å². The van der Waals surface area contributed by atoms with E-state index in [-0.39, 0.29) is 0 Å². The van der Waals surface area contributed by atoms with Gasteiger partial charge in [0.1, 0.15) is 0 Å². The molecule has 0 aromatic carbocycles. The predicted octanol–water partition coefficient (Wildman–Crippen LogP) is 3.12. The van der Waals surface area contributed by atoms with Crippen molar-refractivity contribution in [3.05, 3.63) is 12.7 Å². The molecule has 0 aromatic heterocycles. The third-order valence-electron chi connectivity index (χ3n) is 4.12. The van der Waals surface area contributed by atoms with E-state index in [0.29, 0.717) is 0 Å². The van der Waals surface area contributed by atoms with Crippen molar-refractivity contribution < 1.29 is 0 Å². The first-order valence-corrected chi connectivity index (χ1v) is 12.1. The van der Waals surface area contributed by atoms with Gasteiger partial charge in [-0.05, 0) is 0 Å². The first-order chi connectivity index (χ1) is 6.85. The molecule has 0 radical (unpaired) electrons. The second-order valence-electron chi connectivity index (χ2n) is 5.15. The Morgan fingerprint density at radius 2 is 1.50 bits per heavy atom. The van der Waals surface area contributed by atoms with Gasteiger partial charge in [-0.15, -0.1) is 0 Å². The summed E-state index contributed by atoms with van der Waals surface area (Å²) in [5.74, 6) is 0. The van der Waals surface area contributed by atoms with Gasteiger partial charge in [-0.1, -0.05) is 0 Å². The first-order valence-electron chi connectivity index (χ1n) is 6.18. The Balaban J connectivity index is 2.07. The maximum absolute atomic E-state index is 3.99. The fraction of sp³-hybridized carbons (Fsp3) is 0.833. The van der Waals surface area contributed by atoms with E-state index in [1.807, 2.05) is 0 Å². The summed E-state index contributed by atoms with van der Waals surface area (Å²) in [7, 11) is 0. The quantitative estimate of drug-likeness (QED) is 0.540. The van der Waals surface area contributed by atoms with E-state index in [1.165, 1.54) is 44.2 Å². The molecule has 0 aromatic rings. The molecule has 2 bridgehead atoms. The Hall–Kier alpha value is 0.243. The molecule has 1 nitrogen and oxygen atoms in total. The summed E-state index contributed by atoms with van der Waals surface area (Å²) in [6, 6.07) is 0. The zero-order chi connectivity index (χ0) is 9.86. The van der Waals surface area contributed by atoms with E-state index in [9.17, 15) is 0 Å². The van der Waals surface area contributed by atoms with Crippen molar-refractivity contribution in [2.24, 2.45) is 0 Å². The molecule has 80 valence electrons. The van der Waals surface area contributed by atoms with E-state index < -0.39 is 13.3 Å². The third kappa shape index (κ3) is 2.43. The molecular weight excluding hydrogens is 231 g/mol. The van der Waals surface area contributed by atoms with Crippen LogP contribution in [0.3, 0.4) is 0 Å². The molecule has 0 N–H and O–H groups in total. The first kappa shape index (κ1) is 10.8. The molecule has 0 saturated carbocycles. The molecule has 0 amide bonds. The summed E-state index contributed by atoms with van der Waals surface area (Å²) >= 11 is -1.40. The van der Waals surface area contributed by atoms with Crippen molar-refractivity contribution in [1.82, 2.24) is 4.90 Å². The van der Waals surface area contributed by atoms with Crippen LogP contribution in [-0.4, -0.2) is 37.8 Å². The number of allylic oxidation sites excluding steroid dienone is 1. The Morgan fingerprint density at radius 3 is 1.93 bits per heavy atom. The van der Waals surface area contributed by atoms with Gasteiger partial charge in [0.25, 0.3) is 0 Å².